The van der Waals surface area contributed by atoms with Crippen LogP contribution in [0.5, 0.6) is 0 Å². The van der Waals surface area contributed by atoms with Crippen molar-refractivity contribution in [3.8, 4) is 11.3 Å². The van der Waals surface area contributed by atoms with Crippen molar-refractivity contribution in [2.24, 2.45) is 4.99 Å². The lowest BCUT2D eigenvalue weighted by Crippen LogP contribution is -2.17. The highest BCUT2D eigenvalue weighted by Crippen LogP contribution is 2.26. The molecule has 154 valence electrons. The predicted octanol–water partition coefficient (Wildman–Crippen LogP) is 7.48. The number of H-pyrrole nitrogens is 1. The van der Waals surface area contributed by atoms with E-state index in [1.807, 2.05) is 48.5 Å². The molecule has 0 radical (unpaired) electrons. The van der Waals surface area contributed by atoms with Crippen LogP contribution in [0, 0.1) is 0 Å². The standard InChI is InChI=1S/C25H19Cl2N3S/c26-19-10-11-22-20(14-19)18(15-28-22)12-13-30-24(17-6-2-1-3-7-17)16-31-25(30)29-23-9-5-4-8-21(23)27/h1-11,14-16,28H,12-13H2. The van der Waals surface area contributed by atoms with Crippen LogP contribution in [0.15, 0.2) is 89.4 Å². The number of aromatic nitrogens is 2. The molecule has 6 heteroatoms. The fourth-order valence-electron chi connectivity index (χ4n) is 3.71. The third-order valence-corrected chi connectivity index (χ3v) is 6.69. The average Bonchev–Trinajstić information content (AvgIpc) is 3.38. The fourth-order valence-corrected chi connectivity index (χ4v) is 5.01. The Labute approximate surface area is 194 Å². The molecule has 5 rings (SSSR count). The summed E-state index contributed by atoms with van der Waals surface area (Å²) in [6.07, 6.45) is 2.92. The topological polar surface area (TPSA) is 33.1 Å². The maximum atomic E-state index is 6.37. The van der Waals surface area contributed by atoms with Crippen LogP contribution in [0.25, 0.3) is 22.2 Å². The van der Waals surface area contributed by atoms with E-state index in [4.69, 9.17) is 28.2 Å². The van der Waals surface area contributed by atoms with Crippen molar-refractivity contribution in [3.63, 3.8) is 0 Å². The van der Waals surface area contributed by atoms with Gasteiger partial charge in [-0.1, -0.05) is 65.7 Å². The molecule has 0 spiro atoms. The van der Waals surface area contributed by atoms with Crippen molar-refractivity contribution in [2.45, 2.75) is 13.0 Å². The number of fused-ring (bicyclic) bond motifs is 1. The molecular weight excluding hydrogens is 445 g/mol. The van der Waals surface area contributed by atoms with Crippen LogP contribution >= 0.6 is 34.5 Å². The Morgan fingerprint density at radius 2 is 1.74 bits per heavy atom. The first-order valence-corrected chi connectivity index (χ1v) is 11.6. The molecule has 31 heavy (non-hydrogen) atoms. The lowest BCUT2D eigenvalue weighted by Gasteiger charge is -2.09. The number of para-hydroxylation sites is 1. The van der Waals surface area contributed by atoms with Crippen molar-refractivity contribution in [1.82, 2.24) is 9.55 Å². The molecule has 0 unspecified atom stereocenters. The first-order chi connectivity index (χ1) is 15.2. The molecule has 5 aromatic rings. The van der Waals surface area contributed by atoms with Crippen molar-refractivity contribution in [2.75, 3.05) is 0 Å². The molecular formula is C25H19Cl2N3S. The normalized spacial score (nSPS) is 12.0. The first-order valence-electron chi connectivity index (χ1n) is 9.97. The lowest BCUT2D eigenvalue weighted by atomic mass is 10.1. The number of benzene rings is 3. The monoisotopic (exact) mass is 463 g/mol. The molecule has 0 atom stereocenters. The summed E-state index contributed by atoms with van der Waals surface area (Å²) in [4.78, 5) is 9.15. The van der Waals surface area contributed by atoms with Crippen molar-refractivity contribution in [1.29, 1.82) is 0 Å². The van der Waals surface area contributed by atoms with Gasteiger partial charge >= 0.3 is 0 Å². The molecule has 0 aliphatic rings. The van der Waals surface area contributed by atoms with E-state index in [9.17, 15) is 0 Å². The SMILES string of the molecule is Clc1ccc2[nH]cc(CCn3c(-c4ccccc4)csc3=Nc3ccccc3Cl)c2c1. The van der Waals surface area contributed by atoms with E-state index in [1.165, 1.54) is 11.1 Å². The smallest absolute Gasteiger partial charge is 0.190 e. The molecule has 3 aromatic carbocycles. The van der Waals surface area contributed by atoms with Gasteiger partial charge in [-0.25, -0.2) is 4.99 Å². The van der Waals surface area contributed by atoms with E-state index >= 15 is 0 Å². The van der Waals surface area contributed by atoms with E-state index in [-0.39, 0.29) is 0 Å². The van der Waals surface area contributed by atoms with Gasteiger partial charge in [-0.15, -0.1) is 11.3 Å². The minimum absolute atomic E-state index is 0.648. The number of aryl methyl sites for hydroxylation is 1. The van der Waals surface area contributed by atoms with Gasteiger partial charge in [0.2, 0.25) is 0 Å². The zero-order valence-corrected chi connectivity index (χ0v) is 18.9. The Bertz CT molecular complexity index is 1410. The van der Waals surface area contributed by atoms with Crippen molar-refractivity contribution >= 4 is 51.1 Å². The molecule has 0 aliphatic heterocycles. The zero-order valence-electron chi connectivity index (χ0n) is 16.6. The molecule has 0 bridgehead atoms. The van der Waals surface area contributed by atoms with Crippen molar-refractivity contribution < 1.29 is 0 Å². The van der Waals surface area contributed by atoms with Gasteiger partial charge in [0.25, 0.3) is 0 Å². The van der Waals surface area contributed by atoms with Gasteiger partial charge in [0, 0.05) is 34.0 Å². The number of nitrogens with one attached hydrogen (secondary N) is 1. The number of rotatable bonds is 5. The third-order valence-electron chi connectivity index (χ3n) is 5.27. The maximum absolute atomic E-state index is 6.37. The molecule has 0 saturated carbocycles. The molecule has 0 fully saturated rings. The predicted molar refractivity (Wildman–Crippen MR) is 131 cm³/mol. The number of nitrogens with zero attached hydrogens (tertiary/aromatic N) is 2. The summed E-state index contributed by atoms with van der Waals surface area (Å²) in [6, 6.07) is 24.0. The Morgan fingerprint density at radius 1 is 0.935 bits per heavy atom. The van der Waals surface area contributed by atoms with E-state index in [0.29, 0.717) is 5.02 Å². The van der Waals surface area contributed by atoms with Gasteiger partial charge in [0.1, 0.15) is 0 Å². The Morgan fingerprint density at radius 3 is 2.58 bits per heavy atom. The lowest BCUT2D eigenvalue weighted by molar-refractivity contribution is 0.686. The summed E-state index contributed by atoms with van der Waals surface area (Å²) in [7, 11) is 0. The second kappa shape index (κ2) is 8.75. The third kappa shape index (κ3) is 4.19. The largest absolute Gasteiger partial charge is 0.361 e. The summed E-state index contributed by atoms with van der Waals surface area (Å²) in [5, 5.41) is 4.72. The Kier molecular flexibility index (Phi) is 5.68. The molecule has 0 amide bonds. The maximum Gasteiger partial charge on any atom is 0.190 e. The van der Waals surface area contributed by atoms with Crippen LogP contribution in [0.3, 0.4) is 0 Å². The first kappa shape index (κ1) is 20.1. The molecule has 0 saturated heterocycles. The number of halogens is 2. The minimum atomic E-state index is 0.648. The molecule has 2 aromatic heterocycles. The van der Waals surface area contributed by atoms with E-state index in [1.54, 1.807) is 11.3 Å². The zero-order chi connectivity index (χ0) is 21.2. The Balaban J connectivity index is 1.57. The van der Waals surface area contributed by atoms with Gasteiger partial charge in [-0.3, -0.25) is 0 Å². The van der Waals surface area contributed by atoms with Crippen LogP contribution in [0.4, 0.5) is 5.69 Å². The van der Waals surface area contributed by atoms with Gasteiger partial charge in [0.05, 0.1) is 16.4 Å². The summed E-state index contributed by atoms with van der Waals surface area (Å²) >= 11 is 14.2. The van der Waals surface area contributed by atoms with Crippen LogP contribution in [0.2, 0.25) is 10.0 Å². The van der Waals surface area contributed by atoms with Crippen LogP contribution in [0.1, 0.15) is 5.56 Å². The molecule has 1 N–H and O–H groups in total. The van der Waals surface area contributed by atoms with E-state index in [2.05, 4.69) is 45.4 Å². The quantitative estimate of drug-likeness (QED) is 0.280. The van der Waals surface area contributed by atoms with E-state index < -0.39 is 0 Å². The van der Waals surface area contributed by atoms with Crippen LogP contribution < -0.4 is 4.80 Å². The fraction of sp³-hybridized carbons (Fsp3) is 0.0800. The second-order valence-electron chi connectivity index (χ2n) is 7.24. The summed E-state index contributed by atoms with van der Waals surface area (Å²) < 4.78 is 2.27. The van der Waals surface area contributed by atoms with Gasteiger partial charge < -0.3 is 9.55 Å². The van der Waals surface area contributed by atoms with Gasteiger partial charge in [-0.2, -0.15) is 0 Å². The van der Waals surface area contributed by atoms with Crippen LogP contribution in [-0.4, -0.2) is 9.55 Å². The van der Waals surface area contributed by atoms with Gasteiger partial charge in [0.15, 0.2) is 4.80 Å². The van der Waals surface area contributed by atoms with E-state index in [0.717, 1.165) is 45.1 Å². The Hall–Kier alpha value is -2.79. The summed E-state index contributed by atoms with van der Waals surface area (Å²) in [5.74, 6) is 0. The number of hydrogen-bond acceptors (Lipinski definition) is 2. The average molecular weight is 464 g/mol. The number of thiazole rings is 1. The molecule has 2 heterocycles. The van der Waals surface area contributed by atoms with Crippen molar-refractivity contribution in [3.05, 3.63) is 105 Å². The van der Waals surface area contributed by atoms with Crippen LogP contribution in [-0.2, 0) is 13.0 Å². The van der Waals surface area contributed by atoms with Gasteiger partial charge in [-0.05, 0) is 47.9 Å². The second-order valence-corrected chi connectivity index (χ2v) is 8.92. The minimum Gasteiger partial charge on any atom is -0.361 e. The highest BCUT2D eigenvalue weighted by atomic mass is 35.5. The summed E-state index contributed by atoms with van der Waals surface area (Å²) in [6.45, 7) is 0.788. The number of aromatic amines is 1. The highest BCUT2D eigenvalue weighted by molar-refractivity contribution is 7.07. The summed E-state index contributed by atoms with van der Waals surface area (Å²) in [5.41, 5.74) is 5.42. The highest BCUT2D eigenvalue weighted by Gasteiger charge is 2.11. The molecule has 0 aliphatic carbocycles. The number of hydrogen-bond donors (Lipinski definition) is 1. The molecule has 3 nitrogen and oxygen atoms in total.